The quantitative estimate of drug-likeness (QED) is 0.715. The van der Waals surface area contributed by atoms with Gasteiger partial charge in [0.25, 0.3) is 0 Å². The normalized spacial score (nSPS) is 15.3. The Balaban J connectivity index is 1.56. The van der Waals surface area contributed by atoms with E-state index in [0.29, 0.717) is 42.8 Å². The van der Waals surface area contributed by atoms with Gasteiger partial charge in [-0.25, -0.2) is 8.42 Å². The number of sulfonamides is 1. The van der Waals surface area contributed by atoms with Crippen molar-refractivity contribution in [1.29, 1.82) is 0 Å². The third kappa shape index (κ3) is 5.71. The van der Waals surface area contributed by atoms with Crippen LogP contribution in [-0.4, -0.2) is 50.7 Å². The van der Waals surface area contributed by atoms with E-state index >= 15 is 0 Å². The Morgan fingerprint density at radius 3 is 2.57 bits per heavy atom. The van der Waals surface area contributed by atoms with Crippen molar-refractivity contribution < 1.29 is 17.9 Å². The van der Waals surface area contributed by atoms with Gasteiger partial charge in [-0.05, 0) is 35.9 Å². The summed E-state index contributed by atoms with van der Waals surface area (Å²) in [4.78, 5) is 12.4. The Hall–Kier alpha value is -1.58. The van der Waals surface area contributed by atoms with Crippen LogP contribution in [0.4, 0.5) is 5.69 Å². The molecule has 150 valence electrons. The van der Waals surface area contributed by atoms with Gasteiger partial charge in [0.05, 0.1) is 23.9 Å². The van der Waals surface area contributed by atoms with Gasteiger partial charge in [0.2, 0.25) is 15.9 Å². The van der Waals surface area contributed by atoms with Crippen molar-refractivity contribution in [2.24, 2.45) is 0 Å². The molecular formula is C19H21ClN2O4S2. The number of carbonyl (C=O) groups excluding carboxylic acids is 1. The van der Waals surface area contributed by atoms with Crippen molar-refractivity contribution in [1.82, 2.24) is 4.31 Å². The molecule has 0 spiro atoms. The van der Waals surface area contributed by atoms with Crippen LogP contribution in [0.1, 0.15) is 5.56 Å². The van der Waals surface area contributed by atoms with E-state index in [9.17, 15) is 13.2 Å². The Kier molecular flexibility index (Phi) is 7.36. The minimum Gasteiger partial charge on any atom is -0.379 e. The molecule has 1 aliphatic heterocycles. The lowest BCUT2D eigenvalue weighted by atomic mass is 10.2. The number of amides is 1. The maximum absolute atomic E-state index is 12.7. The second-order valence-electron chi connectivity index (χ2n) is 6.21. The van der Waals surface area contributed by atoms with Crippen LogP contribution in [0.5, 0.6) is 0 Å². The highest BCUT2D eigenvalue weighted by Crippen LogP contribution is 2.21. The minimum absolute atomic E-state index is 0.168. The van der Waals surface area contributed by atoms with Gasteiger partial charge in [-0.2, -0.15) is 4.31 Å². The number of ether oxygens (including phenoxy) is 1. The van der Waals surface area contributed by atoms with Crippen molar-refractivity contribution in [2.75, 3.05) is 37.4 Å². The summed E-state index contributed by atoms with van der Waals surface area (Å²) in [6, 6.07) is 13.8. The van der Waals surface area contributed by atoms with Crippen LogP contribution in [-0.2, 0) is 25.3 Å². The van der Waals surface area contributed by atoms with Gasteiger partial charge in [0.15, 0.2) is 0 Å². The molecule has 0 aromatic heterocycles. The van der Waals surface area contributed by atoms with Crippen LogP contribution in [0.2, 0.25) is 5.02 Å². The predicted molar refractivity (Wildman–Crippen MR) is 112 cm³/mol. The summed E-state index contributed by atoms with van der Waals surface area (Å²) >= 11 is 7.33. The molecule has 28 heavy (non-hydrogen) atoms. The highest BCUT2D eigenvalue weighted by atomic mass is 35.5. The molecular weight excluding hydrogens is 420 g/mol. The topological polar surface area (TPSA) is 75.7 Å². The second-order valence-corrected chi connectivity index (χ2v) is 9.57. The third-order valence-corrected chi connectivity index (χ3v) is 7.29. The number of nitrogens with one attached hydrogen (secondary N) is 1. The van der Waals surface area contributed by atoms with E-state index in [-0.39, 0.29) is 16.6 Å². The Bertz CT molecular complexity index is 914. The lowest BCUT2D eigenvalue weighted by Gasteiger charge is -2.26. The minimum atomic E-state index is -3.59. The molecule has 0 aliphatic carbocycles. The van der Waals surface area contributed by atoms with Gasteiger partial charge < -0.3 is 10.1 Å². The van der Waals surface area contributed by atoms with Crippen molar-refractivity contribution in [3.05, 3.63) is 59.1 Å². The molecule has 0 saturated carbocycles. The summed E-state index contributed by atoms with van der Waals surface area (Å²) in [5.74, 6) is 0.777. The number of anilines is 1. The van der Waals surface area contributed by atoms with Gasteiger partial charge in [0, 0.05) is 29.6 Å². The fourth-order valence-electron chi connectivity index (χ4n) is 2.71. The van der Waals surface area contributed by atoms with Crippen molar-refractivity contribution in [2.45, 2.75) is 10.6 Å². The molecule has 0 atom stereocenters. The van der Waals surface area contributed by atoms with Crippen molar-refractivity contribution >= 4 is 45.0 Å². The molecule has 1 amide bonds. The van der Waals surface area contributed by atoms with Crippen LogP contribution in [0, 0.1) is 0 Å². The van der Waals surface area contributed by atoms with Crippen LogP contribution >= 0.6 is 23.4 Å². The lowest BCUT2D eigenvalue weighted by Crippen LogP contribution is -2.40. The highest BCUT2D eigenvalue weighted by Gasteiger charge is 2.26. The maximum atomic E-state index is 12.7. The molecule has 1 heterocycles. The zero-order chi connectivity index (χ0) is 20.0. The average Bonchev–Trinajstić information content (AvgIpc) is 2.70. The van der Waals surface area contributed by atoms with Gasteiger partial charge in [0.1, 0.15) is 0 Å². The summed E-state index contributed by atoms with van der Waals surface area (Å²) < 4.78 is 32.1. The summed E-state index contributed by atoms with van der Waals surface area (Å²) in [6.07, 6.45) is 0. The Morgan fingerprint density at radius 1 is 1.14 bits per heavy atom. The molecule has 0 radical (unpaired) electrons. The van der Waals surface area contributed by atoms with E-state index in [1.165, 1.54) is 28.2 Å². The molecule has 2 aromatic rings. The molecule has 1 fully saturated rings. The Labute approximate surface area is 174 Å². The number of thioether (sulfide) groups is 1. The lowest BCUT2D eigenvalue weighted by molar-refractivity contribution is -0.113. The zero-order valence-electron chi connectivity index (χ0n) is 15.1. The highest BCUT2D eigenvalue weighted by molar-refractivity contribution is 7.99. The number of hydrogen-bond acceptors (Lipinski definition) is 5. The van der Waals surface area contributed by atoms with Crippen LogP contribution in [0.3, 0.4) is 0 Å². The van der Waals surface area contributed by atoms with Crippen LogP contribution < -0.4 is 5.32 Å². The van der Waals surface area contributed by atoms with Gasteiger partial charge in [-0.1, -0.05) is 29.8 Å². The average molecular weight is 441 g/mol. The third-order valence-electron chi connectivity index (χ3n) is 4.14. The number of morpholine rings is 1. The number of carbonyl (C=O) groups is 1. The molecule has 0 bridgehead atoms. The van der Waals surface area contributed by atoms with Crippen LogP contribution in [0.15, 0.2) is 53.4 Å². The number of benzene rings is 2. The van der Waals surface area contributed by atoms with Crippen LogP contribution in [0.25, 0.3) is 0 Å². The number of halogens is 1. The van der Waals surface area contributed by atoms with E-state index in [2.05, 4.69) is 5.32 Å². The molecule has 9 heteroatoms. The summed E-state index contributed by atoms with van der Waals surface area (Å²) in [7, 11) is -3.59. The molecule has 1 aliphatic rings. The summed E-state index contributed by atoms with van der Waals surface area (Å²) in [5.41, 5.74) is 1.55. The summed E-state index contributed by atoms with van der Waals surface area (Å²) in [5, 5.41) is 3.44. The monoisotopic (exact) mass is 440 g/mol. The molecule has 1 N–H and O–H groups in total. The van der Waals surface area contributed by atoms with Crippen molar-refractivity contribution in [3.63, 3.8) is 0 Å². The maximum Gasteiger partial charge on any atom is 0.243 e. The number of nitrogens with zero attached hydrogens (tertiary/aromatic N) is 1. The van der Waals surface area contributed by atoms with E-state index in [1.54, 1.807) is 12.1 Å². The van der Waals surface area contributed by atoms with Gasteiger partial charge in [-0.15, -0.1) is 11.8 Å². The van der Waals surface area contributed by atoms with E-state index in [1.807, 2.05) is 24.3 Å². The van der Waals surface area contributed by atoms with E-state index in [4.69, 9.17) is 16.3 Å². The first-order valence-electron chi connectivity index (χ1n) is 8.75. The zero-order valence-corrected chi connectivity index (χ0v) is 17.5. The number of hydrogen-bond donors (Lipinski definition) is 1. The first-order chi connectivity index (χ1) is 13.4. The molecule has 0 unspecified atom stereocenters. The molecule has 3 rings (SSSR count). The second kappa shape index (κ2) is 9.76. The molecule has 1 saturated heterocycles. The standard InChI is InChI=1S/C19H21ClN2O4S2/c20-16-6-4-15(5-7-16)13-27-14-19(23)21-17-2-1-3-18(12-17)28(24,25)22-8-10-26-11-9-22/h1-7,12H,8-11,13-14H2,(H,21,23). The predicted octanol–water partition coefficient (Wildman–Crippen LogP) is 3.23. The van der Waals surface area contributed by atoms with E-state index in [0.717, 1.165) is 5.56 Å². The first kappa shape index (κ1) is 21.1. The number of rotatable bonds is 7. The SMILES string of the molecule is O=C(CSCc1ccc(Cl)cc1)Nc1cccc(S(=O)(=O)N2CCOCC2)c1. The van der Waals surface area contributed by atoms with Gasteiger partial charge in [-0.3, -0.25) is 4.79 Å². The van der Waals surface area contributed by atoms with Gasteiger partial charge >= 0.3 is 0 Å². The molecule has 6 nitrogen and oxygen atoms in total. The Morgan fingerprint density at radius 2 is 1.86 bits per heavy atom. The molecule has 2 aromatic carbocycles. The fraction of sp³-hybridized carbons (Fsp3) is 0.316. The summed E-state index contributed by atoms with van der Waals surface area (Å²) in [6.45, 7) is 1.45. The van der Waals surface area contributed by atoms with E-state index < -0.39 is 10.0 Å². The first-order valence-corrected chi connectivity index (χ1v) is 11.7. The smallest absolute Gasteiger partial charge is 0.243 e. The fourth-order valence-corrected chi connectivity index (χ4v) is 5.08. The largest absolute Gasteiger partial charge is 0.379 e. The van der Waals surface area contributed by atoms with Crippen molar-refractivity contribution in [3.8, 4) is 0 Å².